The summed E-state index contributed by atoms with van der Waals surface area (Å²) < 4.78 is 1.25. The lowest BCUT2D eigenvalue weighted by molar-refractivity contribution is 0.508. The average molecular weight is 286 g/mol. The Labute approximate surface area is 122 Å². The predicted molar refractivity (Wildman–Crippen MR) is 82.9 cm³/mol. The number of imidazole rings is 1. The summed E-state index contributed by atoms with van der Waals surface area (Å²) in [5, 5.41) is 4.69. The Hall–Kier alpha value is -1.72. The molecule has 4 nitrogen and oxygen atoms in total. The first-order valence-corrected chi connectivity index (χ1v) is 7.75. The van der Waals surface area contributed by atoms with Crippen LogP contribution in [0.4, 0.5) is 0 Å². The van der Waals surface area contributed by atoms with Crippen molar-refractivity contribution in [1.29, 1.82) is 0 Å². The second kappa shape index (κ2) is 6.15. The van der Waals surface area contributed by atoms with E-state index in [0.717, 1.165) is 35.7 Å². The number of hydrogen-bond acceptors (Lipinski definition) is 4. The van der Waals surface area contributed by atoms with Crippen LogP contribution in [0.3, 0.4) is 0 Å². The first-order chi connectivity index (χ1) is 9.86. The van der Waals surface area contributed by atoms with Gasteiger partial charge in [0.05, 0.1) is 21.3 Å². The molecule has 3 aromatic rings. The van der Waals surface area contributed by atoms with E-state index < -0.39 is 0 Å². The standard InChI is InChI=1S/C15H18N4S/c1-2-7-16-12(15-17-8-9-18-15)10-14-19-11-5-3-4-6-13(11)20-14/h3-6,8-9,12,16H,2,7,10H2,1H3,(H,17,18). The highest BCUT2D eigenvalue weighted by Gasteiger charge is 2.16. The van der Waals surface area contributed by atoms with Crippen molar-refractivity contribution in [3.8, 4) is 0 Å². The lowest BCUT2D eigenvalue weighted by Gasteiger charge is -2.14. The molecule has 0 aliphatic rings. The van der Waals surface area contributed by atoms with E-state index in [1.54, 1.807) is 17.5 Å². The molecule has 2 heterocycles. The second-order valence-corrected chi connectivity index (χ2v) is 5.88. The van der Waals surface area contributed by atoms with Crippen LogP contribution < -0.4 is 5.32 Å². The first kappa shape index (κ1) is 13.3. The summed E-state index contributed by atoms with van der Waals surface area (Å²) in [5.41, 5.74) is 1.08. The zero-order valence-corrected chi connectivity index (χ0v) is 12.3. The number of nitrogens with zero attached hydrogens (tertiary/aromatic N) is 2. The van der Waals surface area contributed by atoms with E-state index >= 15 is 0 Å². The third-order valence-electron chi connectivity index (χ3n) is 3.21. The van der Waals surface area contributed by atoms with Gasteiger partial charge < -0.3 is 10.3 Å². The van der Waals surface area contributed by atoms with Crippen LogP contribution in [0, 0.1) is 0 Å². The highest BCUT2D eigenvalue weighted by molar-refractivity contribution is 7.18. The Kier molecular flexibility index (Phi) is 4.08. The smallest absolute Gasteiger partial charge is 0.123 e. The third kappa shape index (κ3) is 2.89. The Morgan fingerprint density at radius 3 is 3.00 bits per heavy atom. The fourth-order valence-electron chi connectivity index (χ4n) is 2.23. The number of aromatic amines is 1. The fraction of sp³-hybridized carbons (Fsp3) is 0.333. The van der Waals surface area contributed by atoms with E-state index in [2.05, 4.69) is 40.4 Å². The number of fused-ring (bicyclic) bond motifs is 1. The molecule has 0 bridgehead atoms. The summed E-state index contributed by atoms with van der Waals surface area (Å²) in [7, 11) is 0. The molecule has 0 saturated carbocycles. The Bertz CT molecular complexity index is 626. The number of nitrogens with one attached hydrogen (secondary N) is 2. The molecule has 0 fully saturated rings. The molecule has 104 valence electrons. The van der Waals surface area contributed by atoms with Crippen LogP contribution in [0.15, 0.2) is 36.7 Å². The summed E-state index contributed by atoms with van der Waals surface area (Å²) in [6, 6.07) is 8.48. The topological polar surface area (TPSA) is 53.6 Å². The molecule has 0 amide bonds. The number of benzene rings is 1. The molecule has 1 aromatic carbocycles. The third-order valence-corrected chi connectivity index (χ3v) is 4.27. The van der Waals surface area contributed by atoms with Gasteiger partial charge in [-0.3, -0.25) is 0 Å². The van der Waals surface area contributed by atoms with E-state index in [4.69, 9.17) is 4.98 Å². The van der Waals surface area contributed by atoms with Gasteiger partial charge >= 0.3 is 0 Å². The molecule has 0 saturated heterocycles. The van der Waals surface area contributed by atoms with Gasteiger partial charge in [-0.1, -0.05) is 19.1 Å². The largest absolute Gasteiger partial charge is 0.347 e. The number of H-pyrrole nitrogens is 1. The van der Waals surface area contributed by atoms with Crippen LogP contribution >= 0.6 is 11.3 Å². The van der Waals surface area contributed by atoms with Crippen molar-refractivity contribution in [3.05, 3.63) is 47.5 Å². The molecule has 2 aromatic heterocycles. The van der Waals surface area contributed by atoms with Crippen molar-refractivity contribution in [2.45, 2.75) is 25.8 Å². The fourth-order valence-corrected chi connectivity index (χ4v) is 3.25. The van der Waals surface area contributed by atoms with Crippen LogP contribution in [0.5, 0.6) is 0 Å². The van der Waals surface area contributed by atoms with Crippen LogP contribution in [0.2, 0.25) is 0 Å². The van der Waals surface area contributed by atoms with Gasteiger partial charge in [-0.15, -0.1) is 11.3 Å². The minimum absolute atomic E-state index is 0.200. The molecule has 5 heteroatoms. The van der Waals surface area contributed by atoms with Crippen LogP contribution in [-0.2, 0) is 6.42 Å². The van der Waals surface area contributed by atoms with Gasteiger partial charge in [0.1, 0.15) is 5.82 Å². The van der Waals surface area contributed by atoms with Crippen molar-refractivity contribution in [3.63, 3.8) is 0 Å². The molecule has 0 spiro atoms. The van der Waals surface area contributed by atoms with E-state index in [0.29, 0.717) is 0 Å². The second-order valence-electron chi connectivity index (χ2n) is 4.76. The zero-order valence-electron chi connectivity index (χ0n) is 11.5. The van der Waals surface area contributed by atoms with Crippen LogP contribution in [0.1, 0.15) is 30.2 Å². The first-order valence-electron chi connectivity index (χ1n) is 6.94. The molecule has 2 N–H and O–H groups in total. The normalized spacial score (nSPS) is 12.8. The van der Waals surface area contributed by atoms with Crippen molar-refractivity contribution in [2.75, 3.05) is 6.54 Å². The van der Waals surface area contributed by atoms with Gasteiger partial charge in [0.15, 0.2) is 0 Å². The van der Waals surface area contributed by atoms with Gasteiger partial charge in [-0.25, -0.2) is 9.97 Å². The highest BCUT2D eigenvalue weighted by Crippen LogP contribution is 2.25. The maximum absolute atomic E-state index is 4.71. The number of para-hydroxylation sites is 1. The quantitative estimate of drug-likeness (QED) is 0.731. The number of hydrogen-bond donors (Lipinski definition) is 2. The van der Waals surface area contributed by atoms with E-state index in [1.807, 2.05) is 12.3 Å². The Morgan fingerprint density at radius 2 is 2.25 bits per heavy atom. The van der Waals surface area contributed by atoms with Crippen molar-refractivity contribution in [2.24, 2.45) is 0 Å². The summed E-state index contributed by atoms with van der Waals surface area (Å²) in [6.45, 7) is 3.15. The van der Waals surface area contributed by atoms with Crippen molar-refractivity contribution in [1.82, 2.24) is 20.3 Å². The average Bonchev–Trinajstić information content (AvgIpc) is 3.11. The SMILES string of the molecule is CCCNC(Cc1nc2ccccc2s1)c1ncc[nH]1. The maximum atomic E-state index is 4.71. The summed E-state index contributed by atoms with van der Waals surface area (Å²) in [5.74, 6) is 0.984. The molecule has 3 rings (SSSR count). The molecular weight excluding hydrogens is 268 g/mol. The van der Waals surface area contributed by atoms with Gasteiger partial charge in [0.2, 0.25) is 0 Å². The zero-order chi connectivity index (χ0) is 13.8. The number of aromatic nitrogens is 3. The van der Waals surface area contributed by atoms with Gasteiger partial charge in [-0.05, 0) is 25.1 Å². The van der Waals surface area contributed by atoms with Crippen molar-refractivity contribution >= 4 is 21.6 Å². The molecular formula is C15H18N4S. The minimum Gasteiger partial charge on any atom is -0.347 e. The lowest BCUT2D eigenvalue weighted by Crippen LogP contribution is -2.25. The van der Waals surface area contributed by atoms with E-state index in [1.165, 1.54) is 4.70 Å². The summed E-state index contributed by atoms with van der Waals surface area (Å²) >= 11 is 1.76. The summed E-state index contributed by atoms with van der Waals surface area (Å²) in [6.07, 6.45) is 5.65. The van der Waals surface area contributed by atoms with E-state index in [-0.39, 0.29) is 6.04 Å². The molecule has 0 aliphatic heterocycles. The molecule has 0 radical (unpaired) electrons. The van der Waals surface area contributed by atoms with Gasteiger partial charge in [0.25, 0.3) is 0 Å². The van der Waals surface area contributed by atoms with E-state index in [9.17, 15) is 0 Å². The minimum atomic E-state index is 0.200. The predicted octanol–water partition coefficient (Wildman–Crippen LogP) is 3.30. The van der Waals surface area contributed by atoms with Crippen LogP contribution in [0.25, 0.3) is 10.2 Å². The maximum Gasteiger partial charge on any atom is 0.123 e. The number of thiazole rings is 1. The molecule has 0 aliphatic carbocycles. The number of rotatable bonds is 6. The Balaban J connectivity index is 1.81. The lowest BCUT2D eigenvalue weighted by atomic mass is 10.2. The molecule has 1 unspecified atom stereocenters. The molecule has 20 heavy (non-hydrogen) atoms. The Morgan fingerprint density at radius 1 is 1.35 bits per heavy atom. The molecule has 1 atom stereocenters. The monoisotopic (exact) mass is 286 g/mol. The van der Waals surface area contributed by atoms with Gasteiger partial charge in [-0.2, -0.15) is 0 Å². The van der Waals surface area contributed by atoms with Crippen LogP contribution in [-0.4, -0.2) is 21.5 Å². The van der Waals surface area contributed by atoms with Gasteiger partial charge in [0, 0.05) is 18.8 Å². The summed E-state index contributed by atoms with van der Waals surface area (Å²) in [4.78, 5) is 12.3. The highest BCUT2D eigenvalue weighted by atomic mass is 32.1. The van der Waals surface area contributed by atoms with Crippen molar-refractivity contribution < 1.29 is 0 Å².